The van der Waals surface area contributed by atoms with E-state index >= 15 is 0 Å². The molecule has 98 valence electrons. The summed E-state index contributed by atoms with van der Waals surface area (Å²) in [6.45, 7) is -0.300. The van der Waals surface area contributed by atoms with E-state index in [1.165, 1.54) is 0 Å². The SMILES string of the molecule is O=S(=O)(O)C(CCOCCO)COCCO. The molecule has 0 saturated heterocycles. The summed E-state index contributed by atoms with van der Waals surface area (Å²) in [6.07, 6.45) is 0.0737. The molecule has 3 N–H and O–H groups in total. The van der Waals surface area contributed by atoms with E-state index < -0.39 is 15.4 Å². The average Bonchev–Trinajstić information content (AvgIpc) is 2.20. The molecule has 7 nitrogen and oxygen atoms in total. The zero-order valence-corrected chi connectivity index (χ0v) is 9.73. The van der Waals surface area contributed by atoms with Crippen molar-refractivity contribution in [3.8, 4) is 0 Å². The molecular weight excluding hydrogens is 240 g/mol. The number of hydrogen-bond donors (Lipinski definition) is 3. The van der Waals surface area contributed by atoms with Crippen molar-refractivity contribution in [1.82, 2.24) is 0 Å². The molecule has 0 aromatic heterocycles. The zero-order valence-electron chi connectivity index (χ0n) is 8.91. The molecule has 0 aliphatic rings. The van der Waals surface area contributed by atoms with Gasteiger partial charge in [0.15, 0.2) is 0 Å². The molecule has 0 heterocycles. The lowest BCUT2D eigenvalue weighted by atomic mass is 10.3. The molecule has 0 fully saturated rings. The van der Waals surface area contributed by atoms with Crippen LogP contribution in [0.3, 0.4) is 0 Å². The topological polar surface area (TPSA) is 113 Å². The molecule has 0 radical (unpaired) electrons. The third-order valence-electron chi connectivity index (χ3n) is 1.78. The van der Waals surface area contributed by atoms with Crippen molar-refractivity contribution in [2.24, 2.45) is 0 Å². The first-order valence-corrected chi connectivity index (χ1v) is 6.36. The van der Waals surface area contributed by atoms with Crippen LogP contribution in [0, 0.1) is 0 Å². The fourth-order valence-electron chi connectivity index (χ4n) is 0.979. The van der Waals surface area contributed by atoms with E-state index in [2.05, 4.69) is 0 Å². The van der Waals surface area contributed by atoms with Crippen LogP contribution >= 0.6 is 0 Å². The van der Waals surface area contributed by atoms with Crippen molar-refractivity contribution in [3.05, 3.63) is 0 Å². The number of ether oxygens (including phenoxy) is 2. The molecular formula is C8H18O7S. The first-order chi connectivity index (χ1) is 7.52. The third kappa shape index (κ3) is 7.97. The van der Waals surface area contributed by atoms with Crippen LogP contribution in [0.1, 0.15) is 6.42 Å². The summed E-state index contributed by atoms with van der Waals surface area (Å²) in [4.78, 5) is 0. The highest BCUT2D eigenvalue weighted by molar-refractivity contribution is 7.86. The Hall–Kier alpha value is -0.250. The molecule has 0 saturated carbocycles. The summed E-state index contributed by atoms with van der Waals surface area (Å²) in [6, 6.07) is 0. The maximum Gasteiger partial charge on any atom is 0.270 e. The van der Waals surface area contributed by atoms with Crippen LogP contribution in [-0.4, -0.2) is 68.1 Å². The zero-order chi connectivity index (χ0) is 12.4. The van der Waals surface area contributed by atoms with E-state index in [1.807, 2.05) is 0 Å². The molecule has 8 heteroatoms. The van der Waals surface area contributed by atoms with Crippen LogP contribution in [0.2, 0.25) is 0 Å². The molecule has 0 aromatic rings. The van der Waals surface area contributed by atoms with Gasteiger partial charge in [-0.05, 0) is 6.42 Å². The Morgan fingerprint density at radius 2 is 1.56 bits per heavy atom. The van der Waals surface area contributed by atoms with Gasteiger partial charge in [-0.15, -0.1) is 0 Å². The van der Waals surface area contributed by atoms with Crippen molar-refractivity contribution in [1.29, 1.82) is 0 Å². The maximum absolute atomic E-state index is 10.9. The van der Waals surface area contributed by atoms with Crippen molar-refractivity contribution < 1.29 is 32.7 Å². The van der Waals surface area contributed by atoms with E-state index in [0.717, 1.165) is 0 Å². The molecule has 0 aromatic carbocycles. The van der Waals surface area contributed by atoms with Gasteiger partial charge < -0.3 is 19.7 Å². The van der Waals surface area contributed by atoms with Crippen molar-refractivity contribution in [2.45, 2.75) is 11.7 Å². The maximum atomic E-state index is 10.9. The lowest BCUT2D eigenvalue weighted by Crippen LogP contribution is -2.28. The van der Waals surface area contributed by atoms with Gasteiger partial charge in [0.25, 0.3) is 10.1 Å². The van der Waals surface area contributed by atoms with Gasteiger partial charge in [0.05, 0.1) is 33.0 Å². The monoisotopic (exact) mass is 258 g/mol. The van der Waals surface area contributed by atoms with Gasteiger partial charge in [0, 0.05) is 6.61 Å². The van der Waals surface area contributed by atoms with Crippen molar-refractivity contribution >= 4 is 10.1 Å². The molecule has 0 rings (SSSR count). The van der Waals surface area contributed by atoms with Gasteiger partial charge >= 0.3 is 0 Å². The lowest BCUT2D eigenvalue weighted by molar-refractivity contribution is 0.0696. The van der Waals surface area contributed by atoms with E-state index in [-0.39, 0.29) is 46.1 Å². The van der Waals surface area contributed by atoms with Crippen LogP contribution in [0.5, 0.6) is 0 Å². The molecule has 16 heavy (non-hydrogen) atoms. The molecule has 1 unspecified atom stereocenters. The smallest absolute Gasteiger partial charge is 0.270 e. The summed E-state index contributed by atoms with van der Waals surface area (Å²) in [5.74, 6) is 0. The second-order valence-corrected chi connectivity index (χ2v) is 4.76. The summed E-state index contributed by atoms with van der Waals surface area (Å²) in [5.41, 5.74) is 0. The first-order valence-electron chi connectivity index (χ1n) is 4.86. The summed E-state index contributed by atoms with van der Waals surface area (Å²) < 4.78 is 40.4. The second kappa shape index (κ2) is 8.85. The largest absolute Gasteiger partial charge is 0.394 e. The normalized spacial score (nSPS) is 13.9. The van der Waals surface area contributed by atoms with Crippen LogP contribution in [0.4, 0.5) is 0 Å². The Kier molecular flexibility index (Phi) is 8.71. The van der Waals surface area contributed by atoms with E-state index in [0.29, 0.717) is 0 Å². The average molecular weight is 258 g/mol. The van der Waals surface area contributed by atoms with Gasteiger partial charge in [-0.2, -0.15) is 8.42 Å². The molecule has 0 bridgehead atoms. The van der Waals surface area contributed by atoms with E-state index in [4.69, 9.17) is 24.2 Å². The fraction of sp³-hybridized carbons (Fsp3) is 1.00. The predicted octanol–water partition coefficient (Wildman–Crippen LogP) is -1.35. The van der Waals surface area contributed by atoms with E-state index in [1.54, 1.807) is 0 Å². The lowest BCUT2D eigenvalue weighted by Gasteiger charge is -2.13. The quantitative estimate of drug-likeness (QED) is 0.328. The highest BCUT2D eigenvalue weighted by Gasteiger charge is 2.22. The highest BCUT2D eigenvalue weighted by atomic mass is 32.2. The summed E-state index contributed by atoms with van der Waals surface area (Å²) in [7, 11) is -4.18. The molecule has 1 atom stereocenters. The van der Waals surface area contributed by atoms with Crippen LogP contribution < -0.4 is 0 Å². The minimum absolute atomic E-state index is 0.0174. The molecule has 0 amide bonds. The Labute approximate surface area is 94.7 Å². The van der Waals surface area contributed by atoms with Gasteiger partial charge in [0.1, 0.15) is 5.25 Å². The van der Waals surface area contributed by atoms with Crippen LogP contribution in [0.25, 0.3) is 0 Å². The second-order valence-electron chi connectivity index (χ2n) is 3.06. The van der Waals surface area contributed by atoms with Crippen LogP contribution in [0.15, 0.2) is 0 Å². The number of aliphatic hydroxyl groups excluding tert-OH is 2. The van der Waals surface area contributed by atoms with E-state index in [9.17, 15) is 8.42 Å². The first kappa shape index (κ1) is 15.8. The van der Waals surface area contributed by atoms with Gasteiger partial charge in [-0.1, -0.05) is 0 Å². The Balaban J connectivity index is 3.93. The molecule has 0 aliphatic carbocycles. The molecule has 0 spiro atoms. The Bertz CT molecular complexity index is 251. The minimum Gasteiger partial charge on any atom is -0.394 e. The molecule has 0 aliphatic heterocycles. The number of rotatable bonds is 10. The summed E-state index contributed by atoms with van der Waals surface area (Å²) >= 11 is 0. The predicted molar refractivity (Wildman–Crippen MR) is 55.8 cm³/mol. The minimum atomic E-state index is -4.18. The van der Waals surface area contributed by atoms with Crippen molar-refractivity contribution in [2.75, 3.05) is 39.6 Å². The van der Waals surface area contributed by atoms with Gasteiger partial charge in [0.2, 0.25) is 0 Å². The van der Waals surface area contributed by atoms with Crippen molar-refractivity contribution in [3.63, 3.8) is 0 Å². The number of aliphatic hydroxyl groups is 2. The fourth-order valence-corrected chi connectivity index (χ4v) is 1.64. The third-order valence-corrected chi connectivity index (χ3v) is 2.99. The Morgan fingerprint density at radius 1 is 1.00 bits per heavy atom. The highest BCUT2D eigenvalue weighted by Crippen LogP contribution is 2.05. The van der Waals surface area contributed by atoms with Crippen LogP contribution in [-0.2, 0) is 19.6 Å². The summed E-state index contributed by atoms with van der Waals surface area (Å²) in [5, 5.41) is 15.8. The Morgan fingerprint density at radius 3 is 2.06 bits per heavy atom. The standard InChI is InChI=1S/C8H18O7S/c9-2-5-14-4-1-8(16(11,12)13)7-15-6-3-10/h8-10H,1-7H2,(H,11,12,13). The number of hydrogen-bond acceptors (Lipinski definition) is 6. The van der Waals surface area contributed by atoms with Gasteiger partial charge in [-0.25, -0.2) is 0 Å². The van der Waals surface area contributed by atoms with Gasteiger partial charge in [-0.3, -0.25) is 4.55 Å².